The van der Waals surface area contributed by atoms with Crippen molar-refractivity contribution < 1.29 is 0 Å². The Morgan fingerprint density at radius 3 is 1.59 bits per heavy atom. The highest BCUT2D eigenvalue weighted by Crippen LogP contribution is 2.23. The molecule has 1 saturated carbocycles. The molecule has 0 radical (unpaired) electrons. The molecule has 0 aromatic carbocycles. The summed E-state index contributed by atoms with van der Waals surface area (Å²) in [5.41, 5.74) is 0. The van der Waals surface area contributed by atoms with E-state index in [1.165, 1.54) is 57.8 Å². The van der Waals surface area contributed by atoms with Gasteiger partial charge in [0.15, 0.2) is 0 Å². The Balaban J connectivity index is 2.46. The van der Waals surface area contributed by atoms with Crippen LogP contribution < -0.4 is 10.6 Å². The van der Waals surface area contributed by atoms with Crippen molar-refractivity contribution in [3.05, 3.63) is 0 Å². The van der Waals surface area contributed by atoms with Gasteiger partial charge in [-0.2, -0.15) is 0 Å². The Bertz CT molecular complexity index is 164. The van der Waals surface area contributed by atoms with Crippen LogP contribution in [0.25, 0.3) is 0 Å². The SMILES string of the molecule is CCC1CCCC(NC)CCC(NC)CCC1. The maximum absolute atomic E-state index is 3.49. The lowest BCUT2D eigenvalue weighted by Gasteiger charge is -2.20. The summed E-state index contributed by atoms with van der Waals surface area (Å²) in [6.45, 7) is 2.36. The minimum absolute atomic E-state index is 0.737. The zero-order valence-electron chi connectivity index (χ0n) is 12.1. The summed E-state index contributed by atoms with van der Waals surface area (Å²) in [6.07, 6.45) is 12.5. The Hall–Kier alpha value is -0.0800. The molecule has 2 N–H and O–H groups in total. The van der Waals surface area contributed by atoms with Crippen LogP contribution in [0.3, 0.4) is 0 Å². The van der Waals surface area contributed by atoms with Crippen molar-refractivity contribution in [2.24, 2.45) is 5.92 Å². The molecule has 1 aliphatic carbocycles. The average Bonchev–Trinajstić information content (AvgIpc) is 2.41. The lowest BCUT2D eigenvalue weighted by molar-refractivity contribution is 0.387. The van der Waals surface area contributed by atoms with Crippen LogP contribution in [0, 0.1) is 5.92 Å². The molecule has 0 amide bonds. The van der Waals surface area contributed by atoms with E-state index in [-0.39, 0.29) is 0 Å². The third kappa shape index (κ3) is 5.87. The second-order valence-electron chi connectivity index (χ2n) is 5.68. The van der Waals surface area contributed by atoms with Crippen LogP contribution in [-0.2, 0) is 0 Å². The molecule has 2 nitrogen and oxygen atoms in total. The fraction of sp³-hybridized carbons (Fsp3) is 1.00. The molecule has 0 aromatic heterocycles. The number of nitrogens with one attached hydrogen (secondary N) is 2. The molecule has 0 spiro atoms. The van der Waals surface area contributed by atoms with Gasteiger partial charge in [-0.05, 0) is 45.7 Å². The van der Waals surface area contributed by atoms with Crippen LogP contribution in [0.4, 0.5) is 0 Å². The number of hydrogen-bond donors (Lipinski definition) is 2. The summed E-state index contributed by atoms with van der Waals surface area (Å²) >= 11 is 0. The van der Waals surface area contributed by atoms with Gasteiger partial charge < -0.3 is 10.6 Å². The van der Waals surface area contributed by atoms with Crippen LogP contribution in [-0.4, -0.2) is 26.2 Å². The van der Waals surface area contributed by atoms with Gasteiger partial charge in [-0.3, -0.25) is 0 Å². The third-order valence-electron chi connectivity index (χ3n) is 4.59. The van der Waals surface area contributed by atoms with Crippen molar-refractivity contribution in [2.45, 2.75) is 76.8 Å². The summed E-state index contributed by atoms with van der Waals surface area (Å²) in [7, 11) is 4.24. The second-order valence-corrected chi connectivity index (χ2v) is 5.68. The highest BCUT2D eigenvalue weighted by atomic mass is 14.9. The molecule has 0 bridgehead atoms. The lowest BCUT2D eigenvalue weighted by atomic mass is 9.92. The van der Waals surface area contributed by atoms with E-state index in [4.69, 9.17) is 0 Å². The smallest absolute Gasteiger partial charge is 0.00646 e. The largest absolute Gasteiger partial charge is 0.317 e. The van der Waals surface area contributed by atoms with Gasteiger partial charge in [0.25, 0.3) is 0 Å². The first-order chi connectivity index (χ1) is 8.30. The van der Waals surface area contributed by atoms with Crippen molar-refractivity contribution in [3.8, 4) is 0 Å². The van der Waals surface area contributed by atoms with Gasteiger partial charge >= 0.3 is 0 Å². The minimum Gasteiger partial charge on any atom is -0.317 e. The van der Waals surface area contributed by atoms with E-state index in [0.717, 1.165) is 18.0 Å². The molecule has 102 valence electrons. The van der Waals surface area contributed by atoms with E-state index >= 15 is 0 Å². The highest BCUT2D eigenvalue weighted by molar-refractivity contribution is 4.74. The quantitative estimate of drug-likeness (QED) is 0.791. The van der Waals surface area contributed by atoms with Crippen molar-refractivity contribution in [2.75, 3.05) is 14.1 Å². The first kappa shape index (κ1) is 15.0. The molecule has 17 heavy (non-hydrogen) atoms. The van der Waals surface area contributed by atoms with Crippen LogP contribution in [0.15, 0.2) is 0 Å². The normalized spacial score (nSPS) is 33.0. The molecule has 1 rings (SSSR count). The van der Waals surface area contributed by atoms with Crippen molar-refractivity contribution in [1.82, 2.24) is 10.6 Å². The van der Waals surface area contributed by atoms with E-state index in [9.17, 15) is 0 Å². The van der Waals surface area contributed by atoms with Gasteiger partial charge in [0.2, 0.25) is 0 Å². The molecule has 0 heterocycles. The third-order valence-corrected chi connectivity index (χ3v) is 4.59. The van der Waals surface area contributed by atoms with Crippen LogP contribution in [0.1, 0.15) is 64.7 Å². The molecular formula is C15H32N2. The molecule has 0 saturated heterocycles. The predicted octanol–water partition coefficient (Wildman–Crippen LogP) is 3.32. The summed E-state index contributed by atoms with van der Waals surface area (Å²) in [6, 6.07) is 1.47. The number of hydrogen-bond acceptors (Lipinski definition) is 2. The first-order valence-corrected chi connectivity index (χ1v) is 7.64. The lowest BCUT2D eigenvalue weighted by Crippen LogP contribution is -2.30. The first-order valence-electron chi connectivity index (χ1n) is 7.64. The van der Waals surface area contributed by atoms with Gasteiger partial charge in [0, 0.05) is 12.1 Å². The Morgan fingerprint density at radius 1 is 0.765 bits per heavy atom. The molecule has 0 aliphatic heterocycles. The van der Waals surface area contributed by atoms with Crippen LogP contribution in [0.5, 0.6) is 0 Å². The van der Waals surface area contributed by atoms with E-state index in [0.29, 0.717) is 0 Å². The van der Waals surface area contributed by atoms with Gasteiger partial charge in [0.05, 0.1) is 0 Å². The van der Waals surface area contributed by atoms with Crippen molar-refractivity contribution in [3.63, 3.8) is 0 Å². The van der Waals surface area contributed by atoms with E-state index in [1.54, 1.807) is 0 Å². The Morgan fingerprint density at radius 2 is 1.24 bits per heavy atom. The minimum atomic E-state index is 0.737. The monoisotopic (exact) mass is 240 g/mol. The maximum Gasteiger partial charge on any atom is 0.00646 e. The zero-order valence-corrected chi connectivity index (χ0v) is 12.1. The van der Waals surface area contributed by atoms with Crippen molar-refractivity contribution >= 4 is 0 Å². The van der Waals surface area contributed by atoms with Crippen LogP contribution in [0.2, 0.25) is 0 Å². The van der Waals surface area contributed by atoms with Gasteiger partial charge in [-0.25, -0.2) is 0 Å². The van der Waals surface area contributed by atoms with E-state index in [2.05, 4.69) is 31.7 Å². The molecule has 2 atom stereocenters. The van der Waals surface area contributed by atoms with Gasteiger partial charge in [-0.1, -0.05) is 39.0 Å². The van der Waals surface area contributed by atoms with Crippen molar-refractivity contribution in [1.29, 1.82) is 0 Å². The second kappa shape index (κ2) is 8.93. The highest BCUT2D eigenvalue weighted by Gasteiger charge is 2.15. The molecule has 2 heteroatoms. The van der Waals surface area contributed by atoms with Gasteiger partial charge in [-0.15, -0.1) is 0 Å². The molecule has 0 aromatic rings. The summed E-state index contributed by atoms with van der Waals surface area (Å²) in [5.74, 6) is 0.975. The number of rotatable bonds is 3. The fourth-order valence-corrected chi connectivity index (χ4v) is 3.13. The topological polar surface area (TPSA) is 24.1 Å². The average molecular weight is 240 g/mol. The molecule has 2 unspecified atom stereocenters. The standard InChI is InChI=1S/C15H32N2/c1-4-13-7-5-9-14(16-2)11-12-15(17-3)10-6-8-13/h13-17H,4-12H2,1-3H3. The summed E-state index contributed by atoms with van der Waals surface area (Å²) in [5, 5.41) is 6.98. The predicted molar refractivity (Wildman–Crippen MR) is 76.4 cm³/mol. The molecule has 1 fully saturated rings. The molecule has 1 aliphatic rings. The fourth-order valence-electron chi connectivity index (χ4n) is 3.13. The summed E-state index contributed by atoms with van der Waals surface area (Å²) in [4.78, 5) is 0. The Kier molecular flexibility index (Phi) is 7.87. The van der Waals surface area contributed by atoms with E-state index in [1.807, 2.05) is 0 Å². The maximum atomic E-state index is 3.49. The van der Waals surface area contributed by atoms with E-state index < -0.39 is 0 Å². The molecular weight excluding hydrogens is 208 g/mol. The zero-order chi connectivity index (χ0) is 12.5. The van der Waals surface area contributed by atoms with Gasteiger partial charge in [0.1, 0.15) is 0 Å². The summed E-state index contributed by atoms with van der Waals surface area (Å²) < 4.78 is 0. The van der Waals surface area contributed by atoms with Crippen LogP contribution >= 0.6 is 0 Å². The Labute approximate surface area is 108 Å².